The number of benzene rings is 1. The quantitative estimate of drug-likeness (QED) is 0.865. The molecule has 1 heterocycles. The van der Waals surface area contributed by atoms with Crippen molar-refractivity contribution in [3.63, 3.8) is 0 Å². The first-order valence-electron chi connectivity index (χ1n) is 7.25. The predicted octanol–water partition coefficient (Wildman–Crippen LogP) is 2.85. The van der Waals surface area contributed by atoms with Crippen LogP contribution in [0, 0.1) is 0 Å². The van der Waals surface area contributed by atoms with Gasteiger partial charge in [0.2, 0.25) is 0 Å². The van der Waals surface area contributed by atoms with Gasteiger partial charge in [-0.05, 0) is 31.2 Å². The molecule has 1 saturated heterocycles. The average molecular weight is 247 g/mol. The third-order valence-corrected chi connectivity index (χ3v) is 3.95. The molecule has 1 fully saturated rings. The molecule has 0 saturated carbocycles. The van der Waals surface area contributed by atoms with Crippen LogP contribution in [0.4, 0.5) is 0 Å². The third-order valence-electron chi connectivity index (χ3n) is 3.95. The highest BCUT2D eigenvalue weighted by Gasteiger charge is 2.23. The largest absolute Gasteiger partial charge is 0.393 e. The summed E-state index contributed by atoms with van der Waals surface area (Å²) in [6, 6.07) is 11.4. The van der Waals surface area contributed by atoms with Gasteiger partial charge in [0.15, 0.2) is 0 Å². The Morgan fingerprint density at radius 1 is 1.22 bits per heavy atom. The molecule has 1 N–H and O–H groups in total. The lowest BCUT2D eigenvalue weighted by molar-refractivity contribution is 0.0582. The van der Waals surface area contributed by atoms with Crippen LogP contribution in [0.25, 0.3) is 0 Å². The molecule has 0 bridgehead atoms. The van der Waals surface area contributed by atoms with Gasteiger partial charge in [0.05, 0.1) is 6.10 Å². The number of likely N-dealkylation sites (tertiary alicyclic amines) is 1. The normalized spacial score (nSPS) is 19.9. The minimum absolute atomic E-state index is 0.0692. The summed E-state index contributed by atoms with van der Waals surface area (Å²) in [7, 11) is 0. The molecule has 1 unspecified atom stereocenters. The van der Waals surface area contributed by atoms with Gasteiger partial charge in [-0.3, -0.25) is 4.90 Å². The zero-order chi connectivity index (χ0) is 12.8. The molecule has 1 aromatic rings. The topological polar surface area (TPSA) is 23.5 Å². The van der Waals surface area contributed by atoms with Crippen molar-refractivity contribution in [1.82, 2.24) is 4.90 Å². The zero-order valence-corrected chi connectivity index (χ0v) is 11.4. The molecule has 18 heavy (non-hydrogen) atoms. The molecule has 2 rings (SSSR count). The Bertz CT molecular complexity index is 330. The van der Waals surface area contributed by atoms with Crippen LogP contribution >= 0.6 is 0 Å². The minimum atomic E-state index is -0.0692. The van der Waals surface area contributed by atoms with Crippen molar-refractivity contribution in [3.05, 3.63) is 35.9 Å². The van der Waals surface area contributed by atoms with Crippen molar-refractivity contribution in [2.45, 2.75) is 51.2 Å². The van der Waals surface area contributed by atoms with Crippen LogP contribution in [-0.4, -0.2) is 35.2 Å². The van der Waals surface area contributed by atoms with E-state index in [1.807, 2.05) is 0 Å². The first-order chi connectivity index (χ1) is 8.79. The van der Waals surface area contributed by atoms with Gasteiger partial charge in [-0.1, -0.05) is 43.7 Å². The van der Waals surface area contributed by atoms with Crippen LogP contribution in [0.5, 0.6) is 0 Å². The summed E-state index contributed by atoms with van der Waals surface area (Å²) in [6.45, 7) is 4.37. The summed E-state index contributed by atoms with van der Waals surface area (Å²) in [4.78, 5) is 2.57. The van der Waals surface area contributed by atoms with E-state index in [1.54, 1.807) is 0 Å². The highest BCUT2D eigenvalue weighted by Crippen LogP contribution is 2.19. The molecule has 0 aliphatic carbocycles. The van der Waals surface area contributed by atoms with E-state index < -0.39 is 0 Å². The molecule has 0 radical (unpaired) electrons. The number of hydrogen-bond donors (Lipinski definition) is 1. The van der Waals surface area contributed by atoms with Gasteiger partial charge in [-0.25, -0.2) is 0 Å². The van der Waals surface area contributed by atoms with Crippen molar-refractivity contribution in [2.24, 2.45) is 0 Å². The average Bonchev–Trinajstić information content (AvgIpc) is 2.40. The fourth-order valence-corrected chi connectivity index (χ4v) is 2.88. The lowest BCUT2D eigenvalue weighted by Crippen LogP contribution is -2.43. The maximum atomic E-state index is 9.60. The summed E-state index contributed by atoms with van der Waals surface area (Å²) >= 11 is 0. The Balaban J connectivity index is 1.95. The van der Waals surface area contributed by atoms with Crippen LogP contribution in [0.2, 0.25) is 0 Å². The second-order valence-corrected chi connectivity index (χ2v) is 5.40. The molecule has 2 heteroatoms. The molecule has 1 aliphatic rings. The Morgan fingerprint density at radius 2 is 1.89 bits per heavy atom. The van der Waals surface area contributed by atoms with Crippen LogP contribution in [0.1, 0.15) is 38.2 Å². The lowest BCUT2D eigenvalue weighted by Gasteiger charge is -2.36. The first kappa shape index (κ1) is 13.6. The predicted molar refractivity (Wildman–Crippen MR) is 75.7 cm³/mol. The summed E-state index contributed by atoms with van der Waals surface area (Å²) in [6.07, 6.45) is 5.44. The molecule has 0 amide bonds. The molecular formula is C16H25NO. The van der Waals surface area contributed by atoms with Crippen molar-refractivity contribution >= 4 is 0 Å². The molecular weight excluding hydrogens is 222 g/mol. The van der Waals surface area contributed by atoms with Gasteiger partial charge in [-0.2, -0.15) is 0 Å². The second-order valence-electron chi connectivity index (χ2n) is 5.40. The zero-order valence-electron chi connectivity index (χ0n) is 11.4. The van der Waals surface area contributed by atoms with E-state index in [1.165, 1.54) is 18.4 Å². The van der Waals surface area contributed by atoms with E-state index >= 15 is 0 Å². The van der Waals surface area contributed by atoms with Crippen molar-refractivity contribution < 1.29 is 5.11 Å². The van der Waals surface area contributed by atoms with Crippen molar-refractivity contribution in [1.29, 1.82) is 0 Å². The van der Waals surface area contributed by atoms with E-state index in [-0.39, 0.29) is 6.10 Å². The van der Waals surface area contributed by atoms with Gasteiger partial charge >= 0.3 is 0 Å². The molecule has 100 valence electrons. The van der Waals surface area contributed by atoms with Crippen LogP contribution in [0.15, 0.2) is 30.3 Å². The standard InChI is InChI=1S/C16H25NO/c1-2-6-15(13-14-7-4-3-5-8-14)17-11-9-16(18)10-12-17/h3-5,7-8,15-16,18H,2,6,9-13H2,1H3. The Morgan fingerprint density at radius 3 is 2.50 bits per heavy atom. The van der Waals surface area contributed by atoms with Gasteiger partial charge < -0.3 is 5.11 Å². The van der Waals surface area contributed by atoms with Gasteiger partial charge in [-0.15, -0.1) is 0 Å². The first-order valence-corrected chi connectivity index (χ1v) is 7.25. The van der Waals surface area contributed by atoms with E-state index in [0.29, 0.717) is 6.04 Å². The fourth-order valence-electron chi connectivity index (χ4n) is 2.88. The van der Waals surface area contributed by atoms with Crippen LogP contribution in [0.3, 0.4) is 0 Å². The van der Waals surface area contributed by atoms with Crippen LogP contribution in [-0.2, 0) is 6.42 Å². The van der Waals surface area contributed by atoms with Gasteiger partial charge in [0.25, 0.3) is 0 Å². The van der Waals surface area contributed by atoms with E-state index in [9.17, 15) is 5.11 Å². The smallest absolute Gasteiger partial charge is 0.0564 e. The highest BCUT2D eigenvalue weighted by atomic mass is 16.3. The summed E-state index contributed by atoms with van der Waals surface area (Å²) in [5.41, 5.74) is 1.43. The number of piperidine rings is 1. The Kier molecular flexibility index (Phi) is 5.21. The van der Waals surface area contributed by atoms with E-state index in [0.717, 1.165) is 32.4 Å². The lowest BCUT2D eigenvalue weighted by atomic mass is 9.97. The number of aliphatic hydroxyl groups is 1. The molecule has 0 spiro atoms. The molecule has 1 aliphatic heterocycles. The number of nitrogens with zero attached hydrogens (tertiary/aromatic N) is 1. The van der Waals surface area contributed by atoms with E-state index in [2.05, 4.69) is 42.2 Å². The molecule has 1 aromatic carbocycles. The minimum Gasteiger partial charge on any atom is -0.393 e. The third kappa shape index (κ3) is 3.82. The molecule has 2 nitrogen and oxygen atoms in total. The number of hydrogen-bond acceptors (Lipinski definition) is 2. The fraction of sp³-hybridized carbons (Fsp3) is 0.625. The summed E-state index contributed by atoms with van der Waals surface area (Å²) in [5.74, 6) is 0. The maximum Gasteiger partial charge on any atom is 0.0564 e. The number of aliphatic hydroxyl groups excluding tert-OH is 1. The number of rotatable bonds is 5. The summed E-state index contributed by atoms with van der Waals surface area (Å²) in [5, 5.41) is 9.60. The second kappa shape index (κ2) is 6.91. The van der Waals surface area contributed by atoms with Crippen LogP contribution < -0.4 is 0 Å². The highest BCUT2D eigenvalue weighted by molar-refractivity contribution is 5.16. The SMILES string of the molecule is CCCC(Cc1ccccc1)N1CCC(O)CC1. The van der Waals surface area contributed by atoms with Crippen molar-refractivity contribution in [2.75, 3.05) is 13.1 Å². The molecule has 0 aromatic heterocycles. The molecule has 1 atom stereocenters. The van der Waals surface area contributed by atoms with Gasteiger partial charge in [0, 0.05) is 19.1 Å². The van der Waals surface area contributed by atoms with Crippen molar-refractivity contribution in [3.8, 4) is 0 Å². The van der Waals surface area contributed by atoms with Gasteiger partial charge in [0.1, 0.15) is 0 Å². The Labute approximate surface area is 111 Å². The van der Waals surface area contributed by atoms with E-state index in [4.69, 9.17) is 0 Å². The monoisotopic (exact) mass is 247 g/mol. The maximum absolute atomic E-state index is 9.60. The Hall–Kier alpha value is -0.860. The summed E-state index contributed by atoms with van der Waals surface area (Å²) < 4.78 is 0.